The molecule has 0 amide bonds. The Balaban J connectivity index is 1.22. The Kier molecular flexibility index (Phi) is 6.10. The van der Waals surface area contributed by atoms with E-state index in [-0.39, 0.29) is 29.1 Å². The summed E-state index contributed by atoms with van der Waals surface area (Å²) in [5.74, 6) is 0.135. The SMILES string of the molecule is O=c1n(-c2ccccc2)c(=O)n2n1C[C@@H]1Cc3ncn(Cc4ccccc4)c3[C@@H](c3cn(Cc4ccccc4)cn3)[C@@H]1C2. The molecule has 3 aromatic carbocycles. The third-order valence-electron chi connectivity index (χ3n) is 9.04. The summed E-state index contributed by atoms with van der Waals surface area (Å²) in [6.07, 6.45) is 6.74. The van der Waals surface area contributed by atoms with Crippen molar-refractivity contribution in [1.29, 1.82) is 0 Å². The van der Waals surface area contributed by atoms with Crippen molar-refractivity contribution in [2.75, 3.05) is 0 Å². The molecule has 0 saturated carbocycles. The van der Waals surface area contributed by atoms with E-state index in [1.54, 1.807) is 21.5 Å². The average Bonchev–Trinajstić information content (AvgIpc) is 3.73. The monoisotopic (exact) mass is 569 g/mol. The van der Waals surface area contributed by atoms with Crippen LogP contribution in [0, 0.1) is 11.8 Å². The first-order valence-corrected chi connectivity index (χ1v) is 14.8. The van der Waals surface area contributed by atoms with Gasteiger partial charge in [0.05, 0.1) is 35.4 Å². The van der Waals surface area contributed by atoms with Crippen LogP contribution < -0.4 is 11.4 Å². The van der Waals surface area contributed by atoms with Crippen LogP contribution in [0.25, 0.3) is 5.69 Å². The molecular weight excluding hydrogens is 538 g/mol. The lowest BCUT2D eigenvalue weighted by Crippen LogP contribution is -2.46. The second kappa shape index (κ2) is 10.3. The minimum Gasteiger partial charge on any atom is -0.333 e. The molecule has 1 aliphatic carbocycles. The number of imidazole rings is 2. The first-order valence-electron chi connectivity index (χ1n) is 14.8. The van der Waals surface area contributed by atoms with Gasteiger partial charge >= 0.3 is 11.4 Å². The summed E-state index contributed by atoms with van der Waals surface area (Å²) in [6, 6.07) is 29.9. The van der Waals surface area contributed by atoms with Crippen LogP contribution in [0.1, 0.15) is 34.1 Å². The van der Waals surface area contributed by atoms with Gasteiger partial charge in [0, 0.05) is 38.3 Å². The Hall–Kier alpha value is -5.18. The second-order valence-corrected chi connectivity index (χ2v) is 11.7. The van der Waals surface area contributed by atoms with E-state index in [0.29, 0.717) is 25.3 Å². The number of aromatic nitrogens is 7. The number of fused-ring (bicyclic) bond motifs is 3. The third-order valence-corrected chi connectivity index (χ3v) is 9.04. The van der Waals surface area contributed by atoms with Gasteiger partial charge in [-0.2, -0.15) is 0 Å². The largest absolute Gasteiger partial charge is 0.351 e. The highest BCUT2D eigenvalue weighted by atomic mass is 16.2. The Bertz CT molecular complexity index is 2020. The van der Waals surface area contributed by atoms with E-state index in [4.69, 9.17) is 9.97 Å². The molecule has 0 fully saturated rings. The van der Waals surface area contributed by atoms with Crippen molar-refractivity contribution in [3.8, 4) is 5.69 Å². The van der Waals surface area contributed by atoms with Crippen molar-refractivity contribution in [1.82, 2.24) is 33.0 Å². The summed E-state index contributed by atoms with van der Waals surface area (Å²) in [7, 11) is 0. The van der Waals surface area contributed by atoms with Gasteiger partial charge in [-0.05, 0) is 41.5 Å². The molecule has 0 saturated heterocycles. The predicted octanol–water partition coefficient (Wildman–Crippen LogP) is 3.92. The van der Waals surface area contributed by atoms with Crippen LogP contribution in [0.4, 0.5) is 0 Å². The lowest BCUT2D eigenvalue weighted by Gasteiger charge is -2.41. The lowest BCUT2D eigenvalue weighted by atomic mass is 9.70. The third kappa shape index (κ3) is 4.39. The predicted molar refractivity (Wildman–Crippen MR) is 162 cm³/mol. The van der Waals surface area contributed by atoms with E-state index >= 15 is 0 Å². The van der Waals surface area contributed by atoms with Gasteiger partial charge in [-0.1, -0.05) is 78.9 Å². The van der Waals surface area contributed by atoms with Crippen molar-refractivity contribution in [3.63, 3.8) is 0 Å². The van der Waals surface area contributed by atoms with Crippen molar-refractivity contribution in [3.05, 3.63) is 159 Å². The van der Waals surface area contributed by atoms with Crippen LogP contribution in [0.5, 0.6) is 0 Å². The van der Waals surface area contributed by atoms with Crippen molar-refractivity contribution < 1.29 is 0 Å². The van der Waals surface area contributed by atoms with Crippen LogP contribution in [0.2, 0.25) is 0 Å². The zero-order valence-electron chi connectivity index (χ0n) is 23.6. The van der Waals surface area contributed by atoms with E-state index in [1.807, 2.05) is 55.1 Å². The normalized spacial score (nSPS) is 19.0. The summed E-state index contributed by atoms with van der Waals surface area (Å²) >= 11 is 0. The quantitative estimate of drug-likeness (QED) is 0.304. The van der Waals surface area contributed by atoms with Gasteiger partial charge in [0.2, 0.25) is 0 Å². The first kappa shape index (κ1) is 25.5. The maximum Gasteiger partial charge on any atom is 0.351 e. The van der Waals surface area contributed by atoms with Crippen molar-refractivity contribution in [2.45, 2.75) is 38.5 Å². The molecule has 0 spiro atoms. The summed E-state index contributed by atoms with van der Waals surface area (Å²) in [4.78, 5) is 37.2. The Morgan fingerprint density at radius 2 is 1.33 bits per heavy atom. The van der Waals surface area contributed by atoms with Crippen LogP contribution in [-0.2, 0) is 32.6 Å². The first-order chi connectivity index (χ1) is 21.1. The summed E-state index contributed by atoms with van der Waals surface area (Å²) in [5, 5.41) is 0. The molecule has 3 atom stereocenters. The zero-order chi connectivity index (χ0) is 28.9. The minimum absolute atomic E-state index is 0.0718. The molecule has 0 bridgehead atoms. The molecule has 6 aromatic rings. The molecule has 8 rings (SSSR count). The molecule has 0 unspecified atom stereocenters. The fourth-order valence-electron chi connectivity index (χ4n) is 7.05. The maximum absolute atomic E-state index is 13.7. The maximum atomic E-state index is 13.7. The van der Waals surface area contributed by atoms with E-state index in [0.717, 1.165) is 30.0 Å². The Morgan fingerprint density at radius 1 is 0.698 bits per heavy atom. The summed E-state index contributed by atoms with van der Waals surface area (Å²) in [6.45, 7) is 2.33. The molecule has 2 aliphatic rings. The van der Waals surface area contributed by atoms with Crippen molar-refractivity contribution in [2.24, 2.45) is 11.8 Å². The molecular formula is C34H31N7O2. The number of rotatable bonds is 6. The Morgan fingerprint density at radius 3 is 2.02 bits per heavy atom. The van der Waals surface area contributed by atoms with Gasteiger partial charge in [-0.25, -0.2) is 33.5 Å². The molecule has 9 nitrogen and oxygen atoms in total. The van der Waals surface area contributed by atoms with Crippen LogP contribution in [-0.4, -0.2) is 33.0 Å². The van der Waals surface area contributed by atoms with Gasteiger partial charge in [0.25, 0.3) is 0 Å². The molecule has 0 N–H and O–H groups in total. The second-order valence-electron chi connectivity index (χ2n) is 11.7. The fraction of sp³-hybridized carbons (Fsp3) is 0.235. The topological polar surface area (TPSA) is 84.6 Å². The number of hydrogen-bond donors (Lipinski definition) is 0. The van der Waals surface area contributed by atoms with E-state index < -0.39 is 0 Å². The molecule has 3 aromatic heterocycles. The molecule has 9 heteroatoms. The van der Waals surface area contributed by atoms with Gasteiger partial charge in [0.15, 0.2) is 0 Å². The number of benzene rings is 3. The van der Waals surface area contributed by atoms with E-state index in [9.17, 15) is 9.59 Å². The number of hydrogen-bond acceptors (Lipinski definition) is 4. The molecule has 4 heterocycles. The molecule has 43 heavy (non-hydrogen) atoms. The molecule has 1 aliphatic heterocycles. The summed E-state index contributed by atoms with van der Waals surface area (Å²) < 4.78 is 8.95. The van der Waals surface area contributed by atoms with E-state index in [1.165, 1.54) is 15.7 Å². The van der Waals surface area contributed by atoms with Gasteiger partial charge in [0.1, 0.15) is 0 Å². The highest BCUT2D eigenvalue weighted by molar-refractivity contribution is 5.34. The Labute approximate surface area is 247 Å². The summed E-state index contributed by atoms with van der Waals surface area (Å²) in [5.41, 5.74) is 5.57. The highest BCUT2D eigenvalue weighted by Crippen LogP contribution is 2.45. The zero-order valence-corrected chi connectivity index (χ0v) is 23.6. The van der Waals surface area contributed by atoms with Gasteiger partial charge < -0.3 is 9.13 Å². The fourth-order valence-corrected chi connectivity index (χ4v) is 7.05. The van der Waals surface area contributed by atoms with Gasteiger partial charge in [-0.15, -0.1) is 0 Å². The van der Waals surface area contributed by atoms with E-state index in [2.05, 4.69) is 51.7 Å². The van der Waals surface area contributed by atoms with Crippen LogP contribution in [0.3, 0.4) is 0 Å². The van der Waals surface area contributed by atoms with Crippen molar-refractivity contribution >= 4 is 0 Å². The average molecular weight is 570 g/mol. The minimum atomic E-state index is -0.299. The number of nitrogens with zero attached hydrogens (tertiary/aromatic N) is 7. The van der Waals surface area contributed by atoms with Crippen LogP contribution in [0.15, 0.2) is 119 Å². The smallest absolute Gasteiger partial charge is 0.333 e. The van der Waals surface area contributed by atoms with Gasteiger partial charge in [-0.3, -0.25) is 0 Å². The number of para-hydroxylation sites is 1. The molecule has 214 valence electrons. The standard InChI is InChI=1S/C34H31N7O2/c42-33-39-19-26-16-29-32(38(23-36-29)18-25-12-6-2-7-13-25)31(30-21-37(22-35-30)17-24-10-4-1-5-11-24)28(26)20-40(39)34(43)41(33)27-14-8-3-9-15-27/h1-15,21-23,26,28,31H,16-20H2/t26-,28+,31+/m0/s1. The van der Waals surface area contributed by atoms with Crippen LogP contribution >= 0.6 is 0 Å². The highest BCUT2D eigenvalue weighted by Gasteiger charge is 2.45. The lowest BCUT2D eigenvalue weighted by molar-refractivity contribution is 0.135. The molecule has 0 radical (unpaired) electrons.